The molecule has 158 valence electrons. The molecular formula is C25H34FNO2. The van der Waals surface area contributed by atoms with Crippen LogP contribution in [0.1, 0.15) is 56.9 Å². The minimum atomic E-state index is -0.165. The van der Waals surface area contributed by atoms with E-state index in [1.807, 2.05) is 6.07 Å². The average Bonchev–Trinajstić information content (AvgIpc) is 3.38. The Bertz CT molecular complexity index is 777. The van der Waals surface area contributed by atoms with Crippen molar-refractivity contribution in [3.8, 4) is 0 Å². The van der Waals surface area contributed by atoms with E-state index < -0.39 is 0 Å². The van der Waals surface area contributed by atoms with Gasteiger partial charge in [-0.1, -0.05) is 25.0 Å². The normalized spacial score (nSPS) is 37.2. The molecule has 1 saturated heterocycles. The van der Waals surface area contributed by atoms with Gasteiger partial charge in [0.05, 0.1) is 13.2 Å². The van der Waals surface area contributed by atoms with E-state index in [2.05, 4.69) is 25.1 Å². The van der Waals surface area contributed by atoms with E-state index in [0.717, 1.165) is 63.2 Å². The molecule has 4 aliphatic rings. The molecule has 0 unspecified atom stereocenters. The zero-order chi connectivity index (χ0) is 20.2. The number of carbonyl (C=O) groups excluding carboxylic acids is 1. The van der Waals surface area contributed by atoms with Crippen LogP contribution in [0.25, 0.3) is 0 Å². The third kappa shape index (κ3) is 3.37. The first-order valence-electron chi connectivity index (χ1n) is 11.5. The standard InChI is InChI=1S/C25H34FNO2/c1-27(2)25(20-4-3-5-21(26)11-20)15-24(16-25)12-19(9-8-18-13-29-14-18)23(28)22(24)10-17-6-7-17/h3-5,11,17-19,22H,6-10,12-16H2,1-2H3/t19-,22-,24?,25?/m1/s1. The molecule has 1 aromatic rings. The molecule has 0 amide bonds. The zero-order valence-electron chi connectivity index (χ0n) is 17.8. The lowest BCUT2D eigenvalue weighted by atomic mass is 9.50. The molecule has 0 aromatic heterocycles. The molecule has 1 spiro atoms. The third-order valence-corrected chi connectivity index (χ3v) is 8.54. The number of carbonyl (C=O) groups is 1. The highest BCUT2D eigenvalue weighted by molar-refractivity contribution is 5.87. The molecule has 4 fully saturated rings. The highest BCUT2D eigenvalue weighted by atomic mass is 19.1. The van der Waals surface area contributed by atoms with Gasteiger partial charge in [-0.2, -0.15) is 0 Å². The summed E-state index contributed by atoms with van der Waals surface area (Å²) in [6.45, 7) is 1.75. The van der Waals surface area contributed by atoms with Crippen molar-refractivity contribution in [1.29, 1.82) is 0 Å². The molecule has 0 N–H and O–H groups in total. The van der Waals surface area contributed by atoms with Gasteiger partial charge in [-0.15, -0.1) is 0 Å². The van der Waals surface area contributed by atoms with E-state index in [1.54, 1.807) is 6.07 Å². The van der Waals surface area contributed by atoms with E-state index in [0.29, 0.717) is 11.7 Å². The first-order valence-corrected chi connectivity index (χ1v) is 11.5. The minimum absolute atomic E-state index is 0.122. The Morgan fingerprint density at radius 2 is 1.90 bits per heavy atom. The molecule has 5 rings (SSSR count). The first-order chi connectivity index (χ1) is 13.9. The van der Waals surface area contributed by atoms with Crippen molar-refractivity contribution in [1.82, 2.24) is 4.90 Å². The van der Waals surface area contributed by atoms with Crippen LogP contribution < -0.4 is 0 Å². The maximum Gasteiger partial charge on any atom is 0.139 e. The molecule has 4 heteroatoms. The van der Waals surface area contributed by atoms with E-state index in [4.69, 9.17) is 4.74 Å². The quantitative estimate of drug-likeness (QED) is 0.660. The summed E-state index contributed by atoms with van der Waals surface area (Å²) in [6.07, 6.45) is 8.87. The summed E-state index contributed by atoms with van der Waals surface area (Å²) in [7, 11) is 4.22. The summed E-state index contributed by atoms with van der Waals surface area (Å²) in [5.41, 5.74) is 1.05. The topological polar surface area (TPSA) is 29.5 Å². The van der Waals surface area contributed by atoms with Crippen molar-refractivity contribution in [2.24, 2.45) is 29.1 Å². The van der Waals surface area contributed by atoms with Crippen LogP contribution in [0.4, 0.5) is 4.39 Å². The summed E-state index contributed by atoms with van der Waals surface area (Å²) >= 11 is 0. The Balaban J connectivity index is 1.37. The lowest BCUT2D eigenvalue weighted by molar-refractivity contribution is -0.133. The molecule has 0 radical (unpaired) electrons. The summed E-state index contributed by atoms with van der Waals surface area (Å²) in [5.74, 6) is 2.26. The molecule has 3 saturated carbocycles. The van der Waals surface area contributed by atoms with Crippen molar-refractivity contribution >= 4 is 5.78 Å². The second-order valence-corrected chi connectivity index (χ2v) is 10.7. The first kappa shape index (κ1) is 19.7. The van der Waals surface area contributed by atoms with Crippen molar-refractivity contribution in [2.75, 3.05) is 27.3 Å². The van der Waals surface area contributed by atoms with E-state index in [-0.39, 0.29) is 28.6 Å². The molecule has 3 nitrogen and oxygen atoms in total. The van der Waals surface area contributed by atoms with Crippen LogP contribution in [0.2, 0.25) is 0 Å². The molecule has 0 bridgehead atoms. The number of hydrogen-bond donors (Lipinski definition) is 0. The van der Waals surface area contributed by atoms with Crippen LogP contribution in [-0.4, -0.2) is 38.0 Å². The summed E-state index contributed by atoms with van der Waals surface area (Å²) in [4.78, 5) is 15.7. The number of hydrogen-bond acceptors (Lipinski definition) is 3. The molecular weight excluding hydrogens is 365 g/mol. The Labute approximate surface area is 174 Å². The number of ether oxygens (including phenoxy) is 1. The van der Waals surface area contributed by atoms with Gasteiger partial charge in [0.1, 0.15) is 11.6 Å². The van der Waals surface area contributed by atoms with E-state index in [1.165, 1.54) is 18.9 Å². The molecule has 29 heavy (non-hydrogen) atoms. The fraction of sp³-hybridized carbons (Fsp3) is 0.720. The van der Waals surface area contributed by atoms with Crippen molar-refractivity contribution in [2.45, 2.75) is 56.9 Å². The SMILES string of the molecule is CN(C)C1(c2cccc(F)c2)CC2(C[C@@H](CCC3COC3)C(=O)[C@H]2CC2CC2)C1. The van der Waals surface area contributed by atoms with E-state index >= 15 is 0 Å². The largest absolute Gasteiger partial charge is 0.381 e. The summed E-state index contributed by atoms with van der Waals surface area (Å²) < 4.78 is 19.3. The van der Waals surface area contributed by atoms with Crippen molar-refractivity contribution in [3.05, 3.63) is 35.6 Å². The zero-order valence-corrected chi connectivity index (χ0v) is 17.8. The molecule has 2 atom stereocenters. The number of halogens is 1. The number of Topliss-reactive ketones (excluding diaryl/α,β-unsaturated/α-hetero) is 1. The van der Waals surface area contributed by atoms with Crippen LogP contribution in [0.5, 0.6) is 0 Å². The van der Waals surface area contributed by atoms with Crippen LogP contribution in [0.3, 0.4) is 0 Å². The number of rotatable bonds is 7. The van der Waals surface area contributed by atoms with Gasteiger partial charge in [-0.3, -0.25) is 9.69 Å². The fourth-order valence-corrected chi connectivity index (χ4v) is 6.57. The summed E-state index contributed by atoms with van der Waals surface area (Å²) in [6, 6.07) is 7.12. The Morgan fingerprint density at radius 3 is 2.48 bits per heavy atom. The smallest absolute Gasteiger partial charge is 0.139 e. The predicted molar refractivity (Wildman–Crippen MR) is 111 cm³/mol. The molecule has 1 aromatic carbocycles. The Morgan fingerprint density at radius 1 is 1.14 bits per heavy atom. The lowest BCUT2D eigenvalue weighted by Gasteiger charge is -2.60. The second kappa shape index (κ2) is 7.16. The van der Waals surface area contributed by atoms with Gasteiger partial charge in [0.2, 0.25) is 0 Å². The average molecular weight is 400 g/mol. The van der Waals surface area contributed by atoms with Gasteiger partial charge >= 0.3 is 0 Å². The number of nitrogens with zero attached hydrogens (tertiary/aromatic N) is 1. The maximum absolute atomic E-state index is 14.0. The van der Waals surface area contributed by atoms with Crippen molar-refractivity contribution in [3.63, 3.8) is 0 Å². The Kier molecular flexibility index (Phi) is 4.86. The third-order valence-electron chi connectivity index (χ3n) is 8.54. The lowest BCUT2D eigenvalue weighted by Crippen LogP contribution is -2.59. The van der Waals surface area contributed by atoms with Gasteiger partial charge < -0.3 is 4.74 Å². The van der Waals surface area contributed by atoms with Crippen LogP contribution in [-0.2, 0) is 15.1 Å². The van der Waals surface area contributed by atoms with Crippen LogP contribution in [0, 0.1) is 34.9 Å². The van der Waals surface area contributed by atoms with Crippen LogP contribution >= 0.6 is 0 Å². The maximum atomic E-state index is 14.0. The van der Waals surface area contributed by atoms with Gasteiger partial charge in [-0.05, 0) is 81.6 Å². The number of ketones is 1. The molecule has 1 aliphatic heterocycles. The van der Waals surface area contributed by atoms with Gasteiger partial charge in [0.25, 0.3) is 0 Å². The fourth-order valence-electron chi connectivity index (χ4n) is 6.57. The van der Waals surface area contributed by atoms with Gasteiger partial charge in [-0.25, -0.2) is 4.39 Å². The highest BCUT2D eigenvalue weighted by Crippen LogP contribution is 2.68. The van der Waals surface area contributed by atoms with Crippen LogP contribution in [0.15, 0.2) is 24.3 Å². The van der Waals surface area contributed by atoms with Crippen molar-refractivity contribution < 1.29 is 13.9 Å². The predicted octanol–water partition coefficient (Wildman–Crippen LogP) is 4.79. The Hall–Kier alpha value is -1.26. The monoisotopic (exact) mass is 399 g/mol. The summed E-state index contributed by atoms with van der Waals surface area (Å²) in [5, 5.41) is 0. The van der Waals surface area contributed by atoms with E-state index in [9.17, 15) is 9.18 Å². The number of benzene rings is 1. The second-order valence-electron chi connectivity index (χ2n) is 10.7. The highest BCUT2D eigenvalue weighted by Gasteiger charge is 2.65. The molecule has 1 heterocycles. The molecule has 3 aliphatic carbocycles. The van der Waals surface area contributed by atoms with Gasteiger partial charge in [0, 0.05) is 23.3 Å². The van der Waals surface area contributed by atoms with Gasteiger partial charge in [0.15, 0.2) is 0 Å². The minimum Gasteiger partial charge on any atom is -0.381 e.